The molecule has 0 fully saturated rings. The van der Waals surface area contributed by atoms with Crippen LogP contribution < -0.4 is 11.1 Å². The molecule has 4 aromatic rings. The van der Waals surface area contributed by atoms with Gasteiger partial charge in [-0.2, -0.15) is 0 Å². The number of ether oxygens (including phenoxy) is 1. The number of nitrogen functional groups attached to an aromatic ring is 1. The predicted molar refractivity (Wildman–Crippen MR) is 137 cm³/mol. The van der Waals surface area contributed by atoms with Gasteiger partial charge in [0.2, 0.25) is 0 Å². The first-order chi connectivity index (χ1) is 17.7. The van der Waals surface area contributed by atoms with Crippen LogP contribution in [0.15, 0.2) is 54.6 Å². The predicted octanol–water partition coefficient (Wildman–Crippen LogP) is 6.33. The van der Waals surface area contributed by atoms with Crippen molar-refractivity contribution in [2.45, 2.75) is 32.6 Å². The Kier molecular flexibility index (Phi) is 5.51. The first kappa shape index (κ1) is 23.6. The van der Waals surface area contributed by atoms with Crippen molar-refractivity contribution in [3.8, 4) is 11.1 Å². The molecule has 2 atom stereocenters. The van der Waals surface area contributed by atoms with Crippen LogP contribution in [0.1, 0.15) is 61.6 Å². The van der Waals surface area contributed by atoms with Gasteiger partial charge in [-0.3, -0.25) is 4.79 Å². The molecule has 2 aliphatic heterocycles. The van der Waals surface area contributed by atoms with Crippen LogP contribution in [-0.2, 0) is 11.3 Å². The van der Waals surface area contributed by atoms with Crippen molar-refractivity contribution in [3.63, 3.8) is 0 Å². The van der Waals surface area contributed by atoms with E-state index in [1.165, 1.54) is 12.1 Å². The second-order valence-electron chi connectivity index (χ2n) is 9.42. The number of hydrogen-bond acceptors (Lipinski definition) is 4. The van der Waals surface area contributed by atoms with Gasteiger partial charge in [-0.05, 0) is 89.2 Å². The lowest BCUT2D eigenvalue weighted by Gasteiger charge is -2.18. The highest BCUT2D eigenvalue weighted by Gasteiger charge is 2.43. The summed E-state index contributed by atoms with van der Waals surface area (Å²) in [7, 11) is 0. The van der Waals surface area contributed by atoms with Crippen molar-refractivity contribution < 1.29 is 18.3 Å². The van der Waals surface area contributed by atoms with Crippen molar-refractivity contribution in [1.82, 2.24) is 10.3 Å². The van der Waals surface area contributed by atoms with E-state index in [-0.39, 0.29) is 22.6 Å². The SMILES string of the molecule is Cc1cc(N)nc(C)c1CNC(=O)c1ccc2c(c1)C1OC2c2ccc(-c3ccc(Cl)c(F)c3F)cc21. The highest BCUT2D eigenvalue weighted by molar-refractivity contribution is 6.30. The van der Waals surface area contributed by atoms with E-state index in [1.807, 2.05) is 38.1 Å². The maximum atomic E-state index is 14.6. The number of halogens is 3. The average Bonchev–Trinajstić information content (AvgIpc) is 3.43. The number of rotatable bonds is 4. The zero-order valence-electron chi connectivity index (χ0n) is 20.0. The normalized spacial score (nSPS) is 17.0. The average molecular weight is 518 g/mol. The van der Waals surface area contributed by atoms with Crippen LogP contribution in [0.3, 0.4) is 0 Å². The highest BCUT2D eigenvalue weighted by atomic mass is 35.5. The molecule has 37 heavy (non-hydrogen) atoms. The summed E-state index contributed by atoms with van der Waals surface area (Å²) < 4.78 is 34.9. The molecule has 0 radical (unpaired) electrons. The zero-order chi connectivity index (χ0) is 26.0. The Balaban J connectivity index is 1.28. The second kappa shape index (κ2) is 8.64. The van der Waals surface area contributed by atoms with Crippen LogP contribution in [0.4, 0.5) is 14.6 Å². The summed E-state index contributed by atoms with van der Waals surface area (Å²) in [4.78, 5) is 17.3. The van der Waals surface area contributed by atoms with Gasteiger partial charge < -0.3 is 15.8 Å². The fourth-order valence-electron chi connectivity index (χ4n) is 5.33. The van der Waals surface area contributed by atoms with Gasteiger partial charge in [-0.1, -0.05) is 29.8 Å². The maximum absolute atomic E-state index is 14.6. The number of pyridine rings is 1. The quantitative estimate of drug-likeness (QED) is 0.310. The smallest absolute Gasteiger partial charge is 0.251 e. The van der Waals surface area contributed by atoms with E-state index in [2.05, 4.69) is 10.3 Å². The molecule has 0 saturated carbocycles. The van der Waals surface area contributed by atoms with E-state index in [9.17, 15) is 13.6 Å². The summed E-state index contributed by atoms with van der Waals surface area (Å²) in [5, 5.41) is 2.71. The second-order valence-corrected chi connectivity index (χ2v) is 9.82. The number of carbonyl (C=O) groups excluding carboxylic acids is 1. The molecule has 2 bridgehead atoms. The Bertz CT molecular complexity index is 1600. The van der Waals surface area contributed by atoms with E-state index in [0.717, 1.165) is 39.1 Å². The summed E-state index contributed by atoms with van der Waals surface area (Å²) in [6, 6.07) is 15.6. The summed E-state index contributed by atoms with van der Waals surface area (Å²) in [6.45, 7) is 4.13. The molecule has 3 heterocycles. The van der Waals surface area contributed by atoms with Crippen LogP contribution in [0.2, 0.25) is 5.02 Å². The van der Waals surface area contributed by atoms with Gasteiger partial charge in [0.05, 0.1) is 5.02 Å². The lowest BCUT2D eigenvalue weighted by atomic mass is 9.83. The van der Waals surface area contributed by atoms with E-state index in [0.29, 0.717) is 23.5 Å². The van der Waals surface area contributed by atoms with Gasteiger partial charge in [-0.15, -0.1) is 0 Å². The molecular formula is C29H22ClF2N3O2. The number of nitrogens with zero attached hydrogens (tertiary/aromatic N) is 1. The van der Waals surface area contributed by atoms with Crippen LogP contribution in [-0.4, -0.2) is 10.9 Å². The topological polar surface area (TPSA) is 77.2 Å². The van der Waals surface area contributed by atoms with Crippen molar-refractivity contribution in [3.05, 3.63) is 116 Å². The monoisotopic (exact) mass is 517 g/mol. The summed E-state index contributed by atoms with van der Waals surface area (Å²) >= 11 is 5.72. The number of anilines is 1. The Morgan fingerprint density at radius 3 is 2.43 bits per heavy atom. The number of fused-ring (bicyclic) bond motifs is 8. The Labute approximate surface area is 217 Å². The molecule has 6 rings (SSSR count). The number of aromatic nitrogens is 1. The first-order valence-corrected chi connectivity index (χ1v) is 12.2. The third kappa shape index (κ3) is 3.77. The number of nitrogens with one attached hydrogen (secondary N) is 1. The van der Waals surface area contributed by atoms with Crippen LogP contribution in [0, 0.1) is 25.5 Å². The molecule has 1 amide bonds. The van der Waals surface area contributed by atoms with Crippen molar-refractivity contribution in [2.75, 3.05) is 5.73 Å². The van der Waals surface area contributed by atoms with Gasteiger partial charge in [-0.25, -0.2) is 13.8 Å². The molecule has 0 spiro atoms. The minimum absolute atomic E-state index is 0.128. The maximum Gasteiger partial charge on any atom is 0.251 e. The molecule has 186 valence electrons. The van der Waals surface area contributed by atoms with Gasteiger partial charge in [0.1, 0.15) is 18.0 Å². The van der Waals surface area contributed by atoms with Crippen LogP contribution in [0.25, 0.3) is 11.1 Å². The van der Waals surface area contributed by atoms with E-state index in [4.69, 9.17) is 22.1 Å². The lowest BCUT2D eigenvalue weighted by Crippen LogP contribution is -2.24. The lowest BCUT2D eigenvalue weighted by molar-refractivity contribution is 0.0857. The molecule has 0 saturated heterocycles. The standard InChI is InChI=1S/C29H22ClF2N3O2/c1-13-9-24(33)35-14(2)22(13)12-34-29(36)16-4-6-19-21(11-16)28-20-10-15(3-5-18(20)27(19)37-28)17-7-8-23(30)26(32)25(17)31/h3-11,27-28H,12H2,1-2H3,(H2,33,35)(H,34,36). The molecule has 1 aromatic heterocycles. The van der Waals surface area contributed by atoms with Gasteiger partial charge in [0, 0.05) is 23.4 Å². The Morgan fingerprint density at radius 2 is 1.68 bits per heavy atom. The van der Waals surface area contributed by atoms with Gasteiger partial charge >= 0.3 is 0 Å². The van der Waals surface area contributed by atoms with E-state index < -0.39 is 17.7 Å². The number of nitrogens with two attached hydrogens (primary N) is 1. The molecular weight excluding hydrogens is 496 g/mol. The van der Waals surface area contributed by atoms with Crippen molar-refractivity contribution in [2.24, 2.45) is 0 Å². The van der Waals surface area contributed by atoms with Crippen LogP contribution in [0.5, 0.6) is 0 Å². The minimum atomic E-state index is -1.07. The Hall–Kier alpha value is -3.81. The third-order valence-electron chi connectivity index (χ3n) is 7.18. The number of benzene rings is 3. The Morgan fingerprint density at radius 1 is 0.973 bits per heavy atom. The molecule has 2 aliphatic rings. The van der Waals surface area contributed by atoms with Crippen LogP contribution >= 0.6 is 11.6 Å². The third-order valence-corrected chi connectivity index (χ3v) is 7.48. The van der Waals surface area contributed by atoms with Gasteiger partial charge in [0.25, 0.3) is 5.91 Å². The molecule has 0 aliphatic carbocycles. The minimum Gasteiger partial charge on any atom is -0.384 e. The molecule has 8 heteroatoms. The number of amides is 1. The molecule has 3 N–H and O–H groups in total. The first-order valence-electron chi connectivity index (χ1n) is 11.8. The molecule has 3 aromatic carbocycles. The molecule has 5 nitrogen and oxygen atoms in total. The summed E-state index contributed by atoms with van der Waals surface area (Å²) in [5.41, 5.74) is 13.4. The highest BCUT2D eigenvalue weighted by Crippen LogP contribution is 2.55. The van der Waals surface area contributed by atoms with E-state index >= 15 is 0 Å². The molecule has 2 unspecified atom stereocenters. The summed E-state index contributed by atoms with van der Waals surface area (Å²) in [6.07, 6.45) is -0.659. The largest absolute Gasteiger partial charge is 0.384 e. The number of carbonyl (C=O) groups is 1. The van der Waals surface area contributed by atoms with Crippen molar-refractivity contribution >= 4 is 23.3 Å². The zero-order valence-corrected chi connectivity index (χ0v) is 20.8. The number of hydrogen-bond donors (Lipinski definition) is 2. The van der Waals surface area contributed by atoms with E-state index in [1.54, 1.807) is 18.2 Å². The number of aryl methyl sites for hydroxylation is 2. The van der Waals surface area contributed by atoms with Gasteiger partial charge in [0.15, 0.2) is 11.6 Å². The fraction of sp³-hybridized carbons (Fsp3) is 0.172. The van der Waals surface area contributed by atoms with Crippen molar-refractivity contribution in [1.29, 1.82) is 0 Å². The fourth-order valence-corrected chi connectivity index (χ4v) is 5.47. The summed E-state index contributed by atoms with van der Waals surface area (Å²) in [5.74, 6) is -1.82.